The van der Waals surface area contributed by atoms with Crippen LogP contribution in [0.2, 0.25) is 0 Å². The molecule has 0 saturated carbocycles. The van der Waals surface area contributed by atoms with E-state index in [-0.39, 0.29) is 17.3 Å². The van der Waals surface area contributed by atoms with E-state index in [2.05, 4.69) is 4.99 Å². The SMILES string of the molecule is O=C1OC(c2cccc([N+](=O)[O-])c2)=NC1=Cc1ccc2ccccc2c1. The standard InChI is InChI=1S/C20H12N2O4/c23-20-18(11-13-8-9-14-4-1-2-5-15(14)10-13)21-19(26-20)16-6-3-7-17(12-16)22(24)25/h1-12H. The van der Waals surface area contributed by atoms with Gasteiger partial charge in [-0.1, -0.05) is 42.5 Å². The van der Waals surface area contributed by atoms with Crippen molar-refractivity contribution in [2.24, 2.45) is 4.99 Å². The van der Waals surface area contributed by atoms with Crippen molar-refractivity contribution in [3.8, 4) is 0 Å². The number of non-ortho nitro benzene ring substituents is 1. The lowest BCUT2D eigenvalue weighted by Crippen LogP contribution is -2.05. The molecule has 0 aliphatic carbocycles. The minimum Gasteiger partial charge on any atom is -0.402 e. The van der Waals surface area contributed by atoms with E-state index in [9.17, 15) is 14.9 Å². The van der Waals surface area contributed by atoms with Gasteiger partial charge in [-0.15, -0.1) is 0 Å². The van der Waals surface area contributed by atoms with Gasteiger partial charge in [0.1, 0.15) is 0 Å². The zero-order valence-corrected chi connectivity index (χ0v) is 13.5. The molecule has 0 bridgehead atoms. The van der Waals surface area contributed by atoms with Gasteiger partial charge in [-0.2, -0.15) is 0 Å². The van der Waals surface area contributed by atoms with E-state index in [0.29, 0.717) is 5.56 Å². The van der Waals surface area contributed by atoms with Crippen molar-refractivity contribution in [3.63, 3.8) is 0 Å². The summed E-state index contributed by atoms with van der Waals surface area (Å²) in [5, 5.41) is 13.0. The molecule has 0 saturated heterocycles. The number of nitro groups is 1. The molecule has 6 nitrogen and oxygen atoms in total. The third kappa shape index (κ3) is 2.95. The van der Waals surface area contributed by atoms with Gasteiger partial charge >= 0.3 is 5.97 Å². The van der Waals surface area contributed by atoms with Crippen LogP contribution in [0.25, 0.3) is 16.8 Å². The van der Waals surface area contributed by atoms with E-state index < -0.39 is 10.9 Å². The number of rotatable bonds is 3. The number of ether oxygens (including phenoxy) is 1. The van der Waals surface area contributed by atoms with Crippen molar-refractivity contribution in [3.05, 3.63) is 93.7 Å². The van der Waals surface area contributed by atoms with Gasteiger partial charge in [-0.3, -0.25) is 10.1 Å². The largest absolute Gasteiger partial charge is 0.402 e. The third-order valence-electron chi connectivity index (χ3n) is 4.00. The third-order valence-corrected chi connectivity index (χ3v) is 4.00. The van der Waals surface area contributed by atoms with Crippen LogP contribution in [0.5, 0.6) is 0 Å². The van der Waals surface area contributed by atoms with Crippen molar-refractivity contribution < 1.29 is 14.5 Å². The Bertz CT molecular complexity index is 1120. The van der Waals surface area contributed by atoms with Crippen molar-refractivity contribution in [2.45, 2.75) is 0 Å². The Hall–Kier alpha value is -3.80. The second-order valence-electron chi connectivity index (χ2n) is 5.75. The molecule has 1 aliphatic rings. The van der Waals surface area contributed by atoms with Crippen LogP contribution in [0.15, 0.2) is 77.4 Å². The Labute approximate surface area is 148 Å². The number of benzene rings is 3. The molecule has 0 atom stereocenters. The van der Waals surface area contributed by atoms with Crippen LogP contribution in [-0.2, 0) is 9.53 Å². The summed E-state index contributed by atoms with van der Waals surface area (Å²) < 4.78 is 5.17. The first-order valence-corrected chi connectivity index (χ1v) is 7.86. The van der Waals surface area contributed by atoms with Crippen LogP contribution in [0.3, 0.4) is 0 Å². The molecule has 1 heterocycles. The lowest BCUT2D eigenvalue weighted by atomic mass is 10.1. The number of hydrogen-bond acceptors (Lipinski definition) is 5. The highest BCUT2D eigenvalue weighted by Crippen LogP contribution is 2.23. The first-order valence-electron chi connectivity index (χ1n) is 7.86. The topological polar surface area (TPSA) is 81.8 Å². The van der Waals surface area contributed by atoms with E-state index >= 15 is 0 Å². The number of fused-ring (bicyclic) bond motifs is 1. The number of esters is 1. The maximum absolute atomic E-state index is 12.1. The Balaban J connectivity index is 1.70. The van der Waals surface area contributed by atoms with Crippen molar-refractivity contribution in [2.75, 3.05) is 0 Å². The summed E-state index contributed by atoms with van der Waals surface area (Å²) >= 11 is 0. The first-order chi connectivity index (χ1) is 12.6. The zero-order valence-electron chi connectivity index (χ0n) is 13.5. The number of nitrogens with zero attached hydrogens (tertiary/aromatic N) is 2. The summed E-state index contributed by atoms with van der Waals surface area (Å²) in [6, 6.07) is 19.5. The number of carbonyl (C=O) groups excluding carboxylic acids is 1. The molecular weight excluding hydrogens is 332 g/mol. The Morgan fingerprint density at radius 2 is 1.77 bits per heavy atom. The first kappa shape index (κ1) is 15.7. The molecule has 6 heteroatoms. The van der Waals surface area contributed by atoms with Gasteiger partial charge in [-0.25, -0.2) is 9.79 Å². The highest BCUT2D eigenvalue weighted by molar-refractivity contribution is 6.13. The maximum atomic E-state index is 12.1. The van der Waals surface area contributed by atoms with Crippen LogP contribution in [-0.4, -0.2) is 16.8 Å². The summed E-state index contributed by atoms with van der Waals surface area (Å²) in [6.45, 7) is 0. The fourth-order valence-corrected chi connectivity index (χ4v) is 2.74. The Kier molecular flexibility index (Phi) is 3.78. The normalized spacial score (nSPS) is 15.2. The molecule has 0 fully saturated rings. The number of hydrogen-bond donors (Lipinski definition) is 0. The predicted molar refractivity (Wildman–Crippen MR) is 97.7 cm³/mol. The number of cyclic esters (lactones) is 1. The predicted octanol–water partition coefficient (Wildman–Crippen LogP) is 4.09. The molecule has 1 aliphatic heterocycles. The lowest BCUT2D eigenvalue weighted by molar-refractivity contribution is -0.384. The highest BCUT2D eigenvalue weighted by Gasteiger charge is 2.25. The van der Waals surface area contributed by atoms with Gasteiger partial charge in [0.2, 0.25) is 5.90 Å². The molecule has 0 spiro atoms. The average Bonchev–Trinajstić information content (AvgIpc) is 3.02. The summed E-state index contributed by atoms with van der Waals surface area (Å²) in [4.78, 5) is 26.7. The van der Waals surface area contributed by atoms with Gasteiger partial charge in [0, 0.05) is 17.7 Å². The summed E-state index contributed by atoms with van der Waals surface area (Å²) in [6.07, 6.45) is 1.64. The van der Waals surface area contributed by atoms with Crippen molar-refractivity contribution in [1.82, 2.24) is 0 Å². The van der Waals surface area contributed by atoms with Gasteiger partial charge in [0.25, 0.3) is 5.69 Å². The Morgan fingerprint density at radius 3 is 2.58 bits per heavy atom. The fraction of sp³-hybridized carbons (Fsp3) is 0. The maximum Gasteiger partial charge on any atom is 0.363 e. The summed E-state index contributed by atoms with van der Waals surface area (Å²) in [5.74, 6) is -0.523. The molecule has 3 aromatic carbocycles. The fourth-order valence-electron chi connectivity index (χ4n) is 2.74. The summed E-state index contributed by atoms with van der Waals surface area (Å²) in [7, 11) is 0. The van der Waals surface area contributed by atoms with Gasteiger partial charge in [0.05, 0.1) is 4.92 Å². The molecule has 0 aromatic heterocycles. The summed E-state index contributed by atoms with van der Waals surface area (Å²) in [5.41, 5.74) is 1.27. The molecule has 26 heavy (non-hydrogen) atoms. The number of carbonyl (C=O) groups is 1. The smallest absolute Gasteiger partial charge is 0.363 e. The number of nitro benzene ring substituents is 1. The van der Waals surface area contributed by atoms with E-state index in [0.717, 1.165) is 16.3 Å². The van der Waals surface area contributed by atoms with Crippen LogP contribution >= 0.6 is 0 Å². The van der Waals surface area contributed by atoms with Gasteiger partial charge in [-0.05, 0) is 34.5 Å². The monoisotopic (exact) mass is 344 g/mol. The second kappa shape index (κ2) is 6.25. The minimum atomic E-state index is -0.584. The molecule has 4 rings (SSSR count). The van der Waals surface area contributed by atoms with E-state index in [4.69, 9.17) is 4.74 Å². The van der Waals surface area contributed by atoms with Gasteiger partial charge in [0.15, 0.2) is 5.70 Å². The molecule has 0 radical (unpaired) electrons. The molecule has 0 N–H and O–H groups in total. The Morgan fingerprint density at radius 1 is 0.962 bits per heavy atom. The number of aliphatic imine (C=N–C) groups is 1. The lowest BCUT2D eigenvalue weighted by Gasteiger charge is -1.99. The molecule has 0 unspecified atom stereocenters. The van der Waals surface area contributed by atoms with E-state index in [1.807, 2.05) is 42.5 Å². The van der Waals surface area contributed by atoms with E-state index in [1.165, 1.54) is 18.2 Å². The average molecular weight is 344 g/mol. The second-order valence-corrected chi connectivity index (χ2v) is 5.75. The quantitative estimate of drug-likeness (QED) is 0.310. The van der Waals surface area contributed by atoms with Crippen molar-refractivity contribution >= 4 is 34.4 Å². The van der Waals surface area contributed by atoms with Crippen LogP contribution in [0.4, 0.5) is 5.69 Å². The molecular formula is C20H12N2O4. The van der Waals surface area contributed by atoms with E-state index in [1.54, 1.807) is 12.1 Å². The molecule has 3 aromatic rings. The minimum absolute atomic E-state index is 0.0609. The van der Waals surface area contributed by atoms with Gasteiger partial charge < -0.3 is 4.74 Å². The molecule has 0 amide bonds. The zero-order chi connectivity index (χ0) is 18.1. The highest BCUT2D eigenvalue weighted by atomic mass is 16.6. The van der Waals surface area contributed by atoms with Crippen LogP contribution in [0, 0.1) is 10.1 Å². The van der Waals surface area contributed by atoms with Crippen LogP contribution < -0.4 is 0 Å². The van der Waals surface area contributed by atoms with Crippen molar-refractivity contribution in [1.29, 1.82) is 0 Å². The van der Waals surface area contributed by atoms with Crippen LogP contribution in [0.1, 0.15) is 11.1 Å². The molecule has 126 valence electrons.